The van der Waals surface area contributed by atoms with E-state index in [9.17, 15) is 14.4 Å². The Kier molecular flexibility index (Phi) is 7.95. The van der Waals surface area contributed by atoms with E-state index in [2.05, 4.69) is 5.32 Å². The van der Waals surface area contributed by atoms with Gasteiger partial charge in [0, 0.05) is 19.0 Å². The molecule has 1 N–H and O–H groups in total. The summed E-state index contributed by atoms with van der Waals surface area (Å²) in [5, 5.41) is 3.37. The van der Waals surface area contributed by atoms with Gasteiger partial charge >= 0.3 is 12.1 Å². The van der Waals surface area contributed by atoms with Crippen molar-refractivity contribution in [2.24, 2.45) is 0 Å². The van der Waals surface area contributed by atoms with Crippen molar-refractivity contribution in [2.75, 3.05) is 13.1 Å². The van der Waals surface area contributed by atoms with E-state index in [1.54, 1.807) is 0 Å². The van der Waals surface area contributed by atoms with Gasteiger partial charge in [-0.1, -0.05) is 67.1 Å². The first-order valence-electron chi connectivity index (χ1n) is 12.1. The summed E-state index contributed by atoms with van der Waals surface area (Å²) < 4.78 is 11.2. The van der Waals surface area contributed by atoms with Gasteiger partial charge in [-0.15, -0.1) is 0 Å². The van der Waals surface area contributed by atoms with Crippen LogP contribution in [0.1, 0.15) is 49.7 Å². The number of amides is 1. The molecule has 0 saturated carbocycles. The van der Waals surface area contributed by atoms with Gasteiger partial charge in [0.2, 0.25) is 5.54 Å². The smallest absolute Gasteiger partial charge is 0.411 e. The summed E-state index contributed by atoms with van der Waals surface area (Å²) in [7, 11) is 0. The highest BCUT2D eigenvalue weighted by Gasteiger charge is 2.57. The summed E-state index contributed by atoms with van der Waals surface area (Å²) >= 11 is 0. The number of rotatable bonds is 8. The number of hydrogen-bond donors (Lipinski definition) is 1. The molecule has 1 amide bonds. The van der Waals surface area contributed by atoms with E-state index >= 15 is 0 Å². The Hall–Kier alpha value is -3.19. The molecule has 2 aromatic rings. The summed E-state index contributed by atoms with van der Waals surface area (Å²) in [6.07, 6.45) is 3.29. The van der Waals surface area contributed by atoms with Crippen LogP contribution in [-0.2, 0) is 32.3 Å². The SMILES string of the molecule is O=C(OCc1ccccc1)N1CCC[C@@]1(C(=O)CC1CCCCN1)C(=O)OCc1ccccc1. The number of ether oxygens (including phenoxy) is 2. The number of ketones is 1. The molecule has 2 heterocycles. The van der Waals surface area contributed by atoms with Crippen LogP contribution in [0.4, 0.5) is 4.79 Å². The number of hydrogen-bond acceptors (Lipinski definition) is 6. The van der Waals surface area contributed by atoms with Crippen LogP contribution in [0.25, 0.3) is 0 Å². The number of carbonyl (C=O) groups excluding carboxylic acids is 3. The lowest BCUT2D eigenvalue weighted by molar-refractivity contribution is -0.162. The standard InChI is InChI=1S/C27H32N2O5/c30-24(18-23-14-7-8-16-28-23)27(25(31)33-19-21-10-3-1-4-11-21)15-9-17-29(27)26(32)34-20-22-12-5-2-6-13-22/h1-6,10-13,23,28H,7-9,14-20H2/t23?,27-/m1/s1. The van der Waals surface area contributed by atoms with Crippen LogP contribution in [0.15, 0.2) is 60.7 Å². The van der Waals surface area contributed by atoms with Crippen molar-refractivity contribution < 1.29 is 23.9 Å². The molecule has 7 heteroatoms. The molecule has 2 atom stereocenters. The topological polar surface area (TPSA) is 84.9 Å². The molecule has 0 bridgehead atoms. The molecule has 180 valence electrons. The first kappa shape index (κ1) is 24.0. The van der Waals surface area contributed by atoms with E-state index in [1.807, 2.05) is 60.7 Å². The molecule has 4 rings (SSSR count). The quantitative estimate of drug-likeness (QED) is 0.470. The van der Waals surface area contributed by atoms with Crippen molar-refractivity contribution in [1.29, 1.82) is 0 Å². The van der Waals surface area contributed by atoms with Crippen molar-refractivity contribution in [1.82, 2.24) is 10.2 Å². The van der Waals surface area contributed by atoms with Crippen LogP contribution in [0.2, 0.25) is 0 Å². The molecule has 2 saturated heterocycles. The molecule has 0 radical (unpaired) electrons. The summed E-state index contributed by atoms with van der Waals surface area (Å²) in [6, 6.07) is 18.7. The zero-order valence-electron chi connectivity index (χ0n) is 19.4. The third kappa shape index (κ3) is 5.47. The van der Waals surface area contributed by atoms with Crippen molar-refractivity contribution in [2.45, 2.75) is 63.3 Å². The minimum absolute atomic E-state index is 0.00263. The third-order valence-electron chi connectivity index (χ3n) is 6.66. The van der Waals surface area contributed by atoms with Gasteiger partial charge < -0.3 is 14.8 Å². The maximum absolute atomic E-state index is 13.7. The Bertz CT molecular complexity index is 975. The number of esters is 1. The van der Waals surface area contributed by atoms with E-state index in [0.717, 1.165) is 36.9 Å². The fourth-order valence-electron chi connectivity index (χ4n) is 4.81. The predicted molar refractivity (Wildman–Crippen MR) is 127 cm³/mol. The van der Waals surface area contributed by atoms with Crippen LogP contribution in [-0.4, -0.2) is 47.4 Å². The molecule has 34 heavy (non-hydrogen) atoms. The van der Waals surface area contributed by atoms with Gasteiger partial charge in [0.05, 0.1) is 0 Å². The molecular weight excluding hydrogens is 432 g/mol. The molecule has 7 nitrogen and oxygen atoms in total. The van der Waals surface area contributed by atoms with E-state index < -0.39 is 17.6 Å². The Morgan fingerprint density at radius 1 is 0.882 bits per heavy atom. The largest absolute Gasteiger partial charge is 0.459 e. The molecular formula is C27H32N2O5. The van der Waals surface area contributed by atoms with Crippen LogP contribution in [0, 0.1) is 0 Å². The molecule has 2 aromatic carbocycles. The number of likely N-dealkylation sites (tertiary alicyclic amines) is 1. The average Bonchev–Trinajstić information content (AvgIpc) is 3.34. The van der Waals surface area contributed by atoms with Gasteiger partial charge in [-0.2, -0.15) is 0 Å². The predicted octanol–water partition coefficient (Wildman–Crippen LogP) is 4.00. The molecule has 0 aliphatic carbocycles. The highest BCUT2D eigenvalue weighted by molar-refractivity contribution is 6.11. The fourth-order valence-corrected chi connectivity index (χ4v) is 4.81. The number of benzene rings is 2. The molecule has 2 fully saturated rings. The number of carbonyl (C=O) groups is 3. The molecule has 2 aliphatic rings. The lowest BCUT2D eigenvalue weighted by atomic mass is 9.85. The zero-order valence-corrected chi connectivity index (χ0v) is 19.4. The Balaban J connectivity index is 1.52. The highest BCUT2D eigenvalue weighted by atomic mass is 16.6. The van der Waals surface area contributed by atoms with Crippen LogP contribution in [0.3, 0.4) is 0 Å². The summed E-state index contributed by atoms with van der Waals surface area (Å²) in [5.41, 5.74) is 0.00966. The fraction of sp³-hybridized carbons (Fsp3) is 0.444. The van der Waals surface area contributed by atoms with Crippen molar-refractivity contribution in [3.63, 3.8) is 0 Å². The van der Waals surface area contributed by atoms with E-state index in [4.69, 9.17) is 9.47 Å². The Morgan fingerprint density at radius 2 is 1.53 bits per heavy atom. The summed E-state index contributed by atoms with van der Waals surface area (Å²) in [5.74, 6) is -0.953. The second kappa shape index (κ2) is 11.3. The zero-order chi connectivity index (χ0) is 23.8. The van der Waals surface area contributed by atoms with Gasteiger partial charge in [-0.05, 0) is 43.4 Å². The molecule has 0 aromatic heterocycles. The second-order valence-electron chi connectivity index (χ2n) is 8.99. The monoisotopic (exact) mass is 464 g/mol. The Labute approximate surface area is 200 Å². The number of piperidine rings is 1. The van der Waals surface area contributed by atoms with Gasteiger partial charge in [-0.3, -0.25) is 9.69 Å². The number of Topliss-reactive ketones (excluding diaryl/α,β-unsaturated/α-hetero) is 1. The summed E-state index contributed by atoms with van der Waals surface area (Å²) in [4.78, 5) is 41.6. The van der Waals surface area contributed by atoms with Crippen LogP contribution >= 0.6 is 0 Å². The summed E-state index contributed by atoms with van der Waals surface area (Å²) in [6.45, 7) is 1.25. The third-order valence-corrected chi connectivity index (χ3v) is 6.66. The van der Waals surface area contributed by atoms with E-state index in [1.165, 1.54) is 4.90 Å². The van der Waals surface area contributed by atoms with Crippen molar-refractivity contribution in [3.05, 3.63) is 71.8 Å². The highest BCUT2D eigenvalue weighted by Crippen LogP contribution is 2.35. The average molecular weight is 465 g/mol. The van der Waals surface area contributed by atoms with Crippen LogP contribution < -0.4 is 5.32 Å². The lowest BCUT2D eigenvalue weighted by Crippen LogP contribution is -2.60. The van der Waals surface area contributed by atoms with Gasteiger partial charge in [0.15, 0.2) is 5.78 Å². The Morgan fingerprint density at radius 3 is 2.15 bits per heavy atom. The first-order chi connectivity index (χ1) is 16.6. The van der Waals surface area contributed by atoms with Crippen LogP contribution in [0.5, 0.6) is 0 Å². The number of nitrogens with zero attached hydrogens (tertiary/aromatic N) is 1. The maximum Gasteiger partial charge on any atom is 0.411 e. The van der Waals surface area contributed by atoms with Gasteiger partial charge in [0.25, 0.3) is 0 Å². The molecule has 0 spiro atoms. The van der Waals surface area contributed by atoms with Crippen molar-refractivity contribution in [3.8, 4) is 0 Å². The van der Waals surface area contributed by atoms with Gasteiger partial charge in [-0.25, -0.2) is 9.59 Å². The molecule has 2 aliphatic heterocycles. The van der Waals surface area contributed by atoms with Gasteiger partial charge in [0.1, 0.15) is 13.2 Å². The van der Waals surface area contributed by atoms with E-state index in [0.29, 0.717) is 6.42 Å². The molecule has 1 unspecified atom stereocenters. The second-order valence-corrected chi connectivity index (χ2v) is 8.99. The first-order valence-corrected chi connectivity index (χ1v) is 12.1. The van der Waals surface area contributed by atoms with Crippen molar-refractivity contribution >= 4 is 17.8 Å². The normalized spacial score (nSPS) is 22.2. The number of nitrogens with one attached hydrogen (secondary N) is 1. The lowest BCUT2D eigenvalue weighted by Gasteiger charge is -2.35. The maximum atomic E-state index is 13.7. The minimum atomic E-state index is -1.65. The minimum Gasteiger partial charge on any atom is -0.459 e. The van der Waals surface area contributed by atoms with E-state index in [-0.39, 0.29) is 44.4 Å².